The minimum Gasteiger partial charge on any atom is -0.378 e. The van der Waals surface area contributed by atoms with E-state index in [1.807, 2.05) is 42.5 Å². The third kappa shape index (κ3) is 5.56. The number of nitrogens with one attached hydrogen (secondary N) is 3. The van der Waals surface area contributed by atoms with Crippen molar-refractivity contribution < 1.29 is 14.3 Å². The molecule has 4 rings (SSSR count). The standard InChI is InChI=1S/C24H31N5O3/c30-22(26-18-20-8-11-25-21(16-20)29-12-14-32-15-13-29)24(9-4-5-10-24)28-23(31)27-17-19-6-2-1-3-7-19/h1-3,6-8,11,16H,4-5,9-10,12-15,17-18H2,(H,26,30)(H2,27,28,31). The highest BCUT2D eigenvalue weighted by atomic mass is 16.5. The van der Waals surface area contributed by atoms with Crippen LogP contribution in [0.15, 0.2) is 48.7 Å². The number of aromatic nitrogens is 1. The van der Waals surface area contributed by atoms with Gasteiger partial charge in [-0.05, 0) is 36.1 Å². The molecule has 1 aliphatic heterocycles. The third-order valence-electron chi connectivity index (χ3n) is 6.14. The second-order valence-corrected chi connectivity index (χ2v) is 8.39. The number of rotatable bonds is 7. The van der Waals surface area contributed by atoms with Crippen molar-refractivity contribution in [1.82, 2.24) is 20.9 Å². The molecule has 3 N–H and O–H groups in total. The summed E-state index contributed by atoms with van der Waals surface area (Å²) in [5.41, 5.74) is 1.14. The number of pyridine rings is 1. The molecular weight excluding hydrogens is 406 g/mol. The van der Waals surface area contributed by atoms with E-state index in [-0.39, 0.29) is 11.9 Å². The number of carbonyl (C=O) groups is 2. The normalized spacial score (nSPS) is 17.6. The fraction of sp³-hybridized carbons (Fsp3) is 0.458. The molecule has 32 heavy (non-hydrogen) atoms. The average Bonchev–Trinajstić information content (AvgIpc) is 3.32. The summed E-state index contributed by atoms with van der Waals surface area (Å²) < 4.78 is 5.41. The lowest BCUT2D eigenvalue weighted by atomic mass is 9.96. The molecule has 1 saturated heterocycles. The summed E-state index contributed by atoms with van der Waals surface area (Å²) in [5, 5.41) is 8.87. The number of hydrogen-bond acceptors (Lipinski definition) is 5. The highest BCUT2D eigenvalue weighted by molar-refractivity contribution is 5.91. The average molecular weight is 438 g/mol. The Balaban J connectivity index is 1.33. The van der Waals surface area contributed by atoms with Crippen LogP contribution >= 0.6 is 0 Å². The SMILES string of the molecule is O=C(NCc1ccccc1)NC1(C(=O)NCc2ccnc(N3CCOCC3)c2)CCCC1. The number of ether oxygens (including phenoxy) is 1. The van der Waals surface area contributed by atoms with Crippen LogP contribution in [0.25, 0.3) is 0 Å². The number of hydrogen-bond donors (Lipinski definition) is 3. The first kappa shape index (κ1) is 22.1. The molecule has 0 atom stereocenters. The summed E-state index contributed by atoms with van der Waals surface area (Å²) in [6, 6.07) is 13.3. The van der Waals surface area contributed by atoms with Gasteiger partial charge in [-0.2, -0.15) is 0 Å². The Labute approximate surface area is 188 Å². The van der Waals surface area contributed by atoms with Crippen LogP contribution in [0.3, 0.4) is 0 Å². The van der Waals surface area contributed by atoms with Crippen LogP contribution < -0.4 is 20.9 Å². The van der Waals surface area contributed by atoms with Crippen LogP contribution in [0, 0.1) is 0 Å². The molecule has 1 aliphatic carbocycles. The predicted molar refractivity (Wildman–Crippen MR) is 122 cm³/mol. The zero-order valence-electron chi connectivity index (χ0n) is 18.3. The van der Waals surface area contributed by atoms with Crippen molar-refractivity contribution in [1.29, 1.82) is 0 Å². The van der Waals surface area contributed by atoms with Gasteiger partial charge < -0.3 is 25.6 Å². The molecule has 2 aliphatic rings. The van der Waals surface area contributed by atoms with Gasteiger partial charge in [-0.25, -0.2) is 9.78 Å². The molecule has 1 saturated carbocycles. The van der Waals surface area contributed by atoms with E-state index < -0.39 is 5.54 Å². The Morgan fingerprint density at radius 2 is 1.69 bits per heavy atom. The molecule has 0 spiro atoms. The molecule has 0 bridgehead atoms. The first-order valence-electron chi connectivity index (χ1n) is 11.3. The Bertz CT molecular complexity index is 909. The fourth-order valence-electron chi connectivity index (χ4n) is 4.31. The van der Waals surface area contributed by atoms with Crippen LogP contribution in [-0.2, 0) is 22.6 Å². The minimum absolute atomic E-state index is 0.130. The molecule has 2 aromatic rings. The van der Waals surface area contributed by atoms with E-state index >= 15 is 0 Å². The molecule has 8 heteroatoms. The van der Waals surface area contributed by atoms with Gasteiger partial charge in [0, 0.05) is 32.4 Å². The monoisotopic (exact) mass is 437 g/mol. The molecule has 0 radical (unpaired) electrons. The number of benzene rings is 1. The zero-order chi connectivity index (χ0) is 22.2. The maximum atomic E-state index is 13.1. The smallest absolute Gasteiger partial charge is 0.315 e. The maximum absolute atomic E-state index is 13.1. The van der Waals surface area contributed by atoms with Crippen molar-refractivity contribution in [2.24, 2.45) is 0 Å². The first-order chi connectivity index (χ1) is 15.6. The first-order valence-corrected chi connectivity index (χ1v) is 11.3. The van der Waals surface area contributed by atoms with E-state index in [2.05, 4.69) is 25.8 Å². The zero-order valence-corrected chi connectivity index (χ0v) is 18.3. The van der Waals surface area contributed by atoms with E-state index in [0.29, 0.717) is 39.1 Å². The van der Waals surface area contributed by atoms with E-state index in [0.717, 1.165) is 42.9 Å². The lowest BCUT2D eigenvalue weighted by molar-refractivity contribution is -0.127. The van der Waals surface area contributed by atoms with E-state index in [4.69, 9.17) is 4.74 Å². The van der Waals surface area contributed by atoms with Gasteiger partial charge in [0.2, 0.25) is 5.91 Å². The van der Waals surface area contributed by atoms with Gasteiger partial charge in [-0.15, -0.1) is 0 Å². The molecule has 170 valence electrons. The van der Waals surface area contributed by atoms with Gasteiger partial charge in [0.05, 0.1) is 13.2 Å². The van der Waals surface area contributed by atoms with Crippen LogP contribution in [0.5, 0.6) is 0 Å². The number of nitrogens with zero attached hydrogens (tertiary/aromatic N) is 2. The molecular formula is C24H31N5O3. The minimum atomic E-state index is -0.860. The molecule has 1 aromatic heterocycles. The number of amides is 3. The summed E-state index contributed by atoms with van der Waals surface area (Å²) in [5.74, 6) is 0.767. The summed E-state index contributed by atoms with van der Waals surface area (Å²) in [7, 11) is 0. The van der Waals surface area contributed by atoms with Crippen molar-refractivity contribution >= 4 is 17.8 Å². The highest BCUT2D eigenvalue weighted by Gasteiger charge is 2.42. The lowest BCUT2D eigenvalue weighted by Crippen LogP contribution is -2.59. The quantitative estimate of drug-likeness (QED) is 0.618. The molecule has 2 fully saturated rings. The molecule has 2 heterocycles. The molecule has 0 unspecified atom stereocenters. The number of anilines is 1. The van der Waals surface area contributed by atoms with E-state index in [9.17, 15) is 9.59 Å². The highest BCUT2D eigenvalue weighted by Crippen LogP contribution is 2.30. The number of urea groups is 1. The van der Waals surface area contributed by atoms with E-state index in [1.54, 1.807) is 6.20 Å². The maximum Gasteiger partial charge on any atom is 0.315 e. The van der Waals surface area contributed by atoms with Crippen LogP contribution in [-0.4, -0.2) is 48.8 Å². The summed E-state index contributed by atoms with van der Waals surface area (Å²) in [6.45, 7) is 3.84. The lowest BCUT2D eigenvalue weighted by Gasteiger charge is -2.29. The van der Waals surface area contributed by atoms with Crippen molar-refractivity contribution in [3.05, 3.63) is 59.8 Å². The largest absolute Gasteiger partial charge is 0.378 e. The Morgan fingerprint density at radius 3 is 2.44 bits per heavy atom. The van der Waals surface area contributed by atoms with Gasteiger partial charge in [-0.1, -0.05) is 43.2 Å². The van der Waals surface area contributed by atoms with Crippen molar-refractivity contribution in [3.8, 4) is 0 Å². The summed E-state index contributed by atoms with van der Waals surface area (Å²) in [4.78, 5) is 32.3. The van der Waals surface area contributed by atoms with Gasteiger partial charge in [-0.3, -0.25) is 4.79 Å². The number of morpholine rings is 1. The van der Waals surface area contributed by atoms with Gasteiger partial charge in [0.1, 0.15) is 11.4 Å². The Kier molecular flexibility index (Phi) is 7.21. The number of carbonyl (C=O) groups excluding carboxylic acids is 2. The van der Waals surface area contributed by atoms with Crippen LogP contribution in [0.4, 0.5) is 10.6 Å². The van der Waals surface area contributed by atoms with Crippen molar-refractivity contribution in [2.45, 2.75) is 44.3 Å². The Morgan fingerprint density at radius 1 is 0.969 bits per heavy atom. The van der Waals surface area contributed by atoms with E-state index in [1.165, 1.54) is 0 Å². The van der Waals surface area contributed by atoms with Gasteiger partial charge in [0.25, 0.3) is 0 Å². The predicted octanol–water partition coefficient (Wildman–Crippen LogP) is 2.35. The summed E-state index contributed by atoms with van der Waals surface area (Å²) >= 11 is 0. The third-order valence-corrected chi connectivity index (χ3v) is 6.14. The van der Waals surface area contributed by atoms with Gasteiger partial charge >= 0.3 is 6.03 Å². The molecule has 8 nitrogen and oxygen atoms in total. The second-order valence-electron chi connectivity index (χ2n) is 8.39. The summed E-state index contributed by atoms with van der Waals surface area (Å²) in [6.07, 6.45) is 4.90. The van der Waals surface area contributed by atoms with Crippen molar-refractivity contribution in [2.75, 3.05) is 31.2 Å². The molecule has 1 aromatic carbocycles. The van der Waals surface area contributed by atoms with Crippen LogP contribution in [0.2, 0.25) is 0 Å². The topological polar surface area (TPSA) is 95.6 Å². The van der Waals surface area contributed by atoms with Crippen LogP contribution in [0.1, 0.15) is 36.8 Å². The van der Waals surface area contributed by atoms with Gasteiger partial charge in [0.15, 0.2) is 0 Å². The Hall–Kier alpha value is -3.13. The fourth-order valence-corrected chi connectivity index (χ4v) is 4.31. The second kappa shape index (κ2) is 10.5. The molecule has 3 amide bonds. The van der Waals surface area contributed by atoms with Crippen molar-refractivity contribution in [3.63, 3.8) is 0 Å².